The predicted molar refractivity (Wildman–Crippen MR) is 96.9 cm³/mol. The number of ether oxygens (including phenoxy) is 2. The number of hydrogen-bond donors (Lipinski definition) is 1. The molecule has 2 atom stereocenters. The highest BCUT2D eigenvalue weighted by molar-refractivity contribution is 5.83. The van der Waals surface area contributed by atoms with Crippen LogP contribution < -0.4 is 4.90 Å². The number of H-pyrrole nitrogens is 1. The van der Waals surface area contributed by atoms with E-state index in [0.717, 1.165) is 0 Å². The van der Waals surface area contributed by atoms with Crippen LogP contribution in [0, 0.1) is 0 Å². The Hall–Kier alpha value is -3.20. The zero-order chi connectivity index (χ0) is 24.8. The Bertz CT molecular complexity index is 1050. The molecule has 0 saturated carbocycles. The third-order valence-corrected chi connectivity index (χ3v) is 4.70. The summed E-state index contributed by atoms with van der Waals surface area (Å²) in [6, 6.07) is -1.41. The first-order valence-corrected chi connectivity index (χ1v) is 9.46. The Morgan fingerprint density at radius 2 is 1.67 bits per heavy atom. The molecule has 0 bridgehead atoms. The normalized spacial score (nSPS) is 19.7. The number of aromatic amines is 1. The fraction of sp³-hybridized carbons (Fsp3) is 0.647. The Balaban J connectivity index is 1.99. The number of carbonyl (C=O) groups is 2. The number of anilines is 1. The molecule has 0 aromatic carbocycles. The quantitative estimate of drug-likeness (QED) is 0.514. The highest BCUT2D eigenvalue weighted by atomic mass is 19.4. The highest BCUT2D eigenvalue weighted by Gasteiger charge is 2.48. The number of esters is 2. The summed E-state index contributed by atoms with van der Waals surface area (Å²) < 4.78 is 84.6. The van der Waals surface area contributed by atoms with Crippen LogP contribution in [0.2, 0.25) is 0 Å². The van der Waals surface area contributed by atoms with Gasteiger partial charge in [0.1, 0.15) is 24.6 Å². The van der Waals surface area contributed by atoms with Gasteiger partial charge in [0.25, 0.3) is 0 Å². The van der Waals surface area contributed by atoms with Crippen molar-refractivity contribution in [1.29, 1.82) is 0 Å². The van der Waals surface area contributed by atoms with Gasteiger partial charge in [0.2, 0.25) is 5.65 Å². The maximum atomic E-state index is 12.7. The van der Waals surface area contributed by atoms with Gasteiger partial charge in [-0.05, 0) is 0 Å². The molecule has 2 aromatic heterocycles. The number of nitrogens with one attached hydrogen (secondary N) is 1. The molecule has 1 aliphatic rings. The van der Waals surface area contributed by atoms with Crippen LogP contribution in [0.1, 0.15) is 33.0 Å². The lowest BCUT2D eigenvalue weighted by atomic mass is 9.96. The molecule has 10 nitrogen and oxygen atoms in total. The summed E-state index contributed by atoms with van der Waals surface area (Å²) in [5.74, 6) is -4.77. The molecule has 1 fully saturated rings. The third-order valence-electron chi connectivity index (χ3n) is 4.70. The SMILES string of the molecule is CC(C)(C)c1nc(N2CC[C@H](OC(=O)C(F)(F)F)[C@@H]2COC(=O)C(F)(F)F)c2n[nH]nc2n1. The number of halogens is 6. The molecule has 3 heterocycles. The van der Waals surface area contributed by atoms with Crippen molar-refractivity contribution in [3.05, 3.63) is 5.82 Å². The monoisotopic (exact) mass is 484 g/mol. The molecule has 0 unspecified atom stereocenters. The van der Waals surface area contributed by atoms with Crippen molar-refractivity contribution >= 4 is 28.9 Å². The van der Waals surface area contributed by atoms with Gasteiger partial charge in [-0.2, -0.15) is 36.7 Å². The highest BCUT2D eigenvalue weighted by Crippen LogP contribution is 2.33. The van der Waals surface area contributed by atoms with E-state index in [9.17, 15) is 35.9 Å². The number of nitrogens with zero attached hydrogens (tertiary/aromatic N) is 5. The van der Waals surface area contributed by atoms with Crippen LogP contribution in [0.4, 0.5) is 32.2 Å². The first kappa shape index (κ1) is 24.4. The Morgan fingerprint density at radius 3 is 2.24 bits per heavy atom. The molecule has 1 aliphatic heterocycles. The summed E-state index contributed by atoms with van der Waals surface area (Å²) in [5, 5.41) is 10.1. The van der Waals surface area contributed by atoms with Crippen LogP contribution in [-0.4, -0.2) is 75.0 Å². The standard InChI is InChI=1S/C17H18F6N6O4/c1-15(2,3)12-24-10-9(26-28-27-10)11(25-12)29-5-4-8(33-14(31)17(21,22)23)7(29)6-32-13(30)16(18,19)20/h7-8H,4-6H2,1-3H3,(H,24,25,26,27,28)/t7-,8-/m0/s1. The van der Waals surface area contributed by atoms with E-state index in [4.69, 9.17) is 0 Å². The average Bonchev–Trinajstić information content (AvgIpc) is 3.29. The first-order chi connectivity index (χ1) is 15.1. The van der Waals surface area contributed by atoms with E-state index < -0.39 is 48.5 Å². The summed E-state index contributed by atoms with van der Waals surface area (Å²) in [5.41, 5.74) is -0.424. The lowest BCUT2D eigenvalue weighted by molar-refractivity contribution is -0.207. The van der Waals surface area contributed by atoms with Crippen LogP contribution >= 0.6 is 0 Å². The number of alkyl halides is 6. The van der Waals surface area contributed by atoms with E-state index in [1.54, 1.807) is 20.8 Å². The topological polar surface area (TPSA) is 123 Å². The van der Waals surface area contributed by atoms with Crippen molar-refractivity contribution in [3.63, 3.8) is 0 Å². The summed E-state index contributed by atoms with van der Waals surface area (Å²) in [4.78, 5) is 32.5. The number of hydrogen-bond acceptors (Lipinski definition) is 9. The van der Waals surface area contributed by atoms with Gasteiger partial charge in [-0.25, -0.2) is 19.6 Å². The first-order valence-electron chi connectivity index (χ1n) is 9.46. The molecule has 33 heavy (non-hydrogen) atoms. The lowest BCUT2D eigenvalue weighted by Gasteiger charge is -2.29. The summed E-state index contributed by atoms with van der Waals surface area (Å²) in [6.45, 7) is 4.21. The minimum Gasteiger partial charge on any atom is -0.457 e. The molecule has 1 saturated heterocycles. The third kappa shape index (κ3) is 5.24. The zero-order valence-electron chi connectivity index (χ0n) is 17.4. The number of aromatic nitrogens is 5. The Kier molecular flexibility index (Phi) is 6.14. The number of carbonyl (C=O) groups excluding carboxylic acids is 2. The van der Waals surface area contributed by atoms with Crippen LogP contribution in [-0.2, 0) is 24.5 Å². The summed E-state index contributed by atoms with van der Waals surface area (Å²) >= 11 is 0. The number of fused-ring (bicyclic) bond motifs is 1. The van der Waals surface area contributed by atoms with Crippen LogP contribution in [0.15, 0.2) is 0 Å². The minimum atomic E-state index is -5.33. The largest absolute Gasteiger partial charge is 0.490 e. The Labute approximate surface area is 181 Å². The van der Waals surface area contributed by atoms with E-state index in [1.807, 2.05) is 0 Å². The lowest BCUT2D eigenvalue weighted by Crippen LogP contribution is -2.44. The molecule has 3 rings (SSSR count). The van der Waals surface area contributed by atoms with Crippen molar-refractivity contribution in [2.24, 2.45) is 0 Å². The van der Waals surface area contributed by atoms with Crippen molar-refractivity contribution < 1.29 is 45.4 Å². The average molecular weight is 484 g/mol. The van der Waals surface area contributed by atoms with Gasteiger partial charge in [0, 0.05) is 18.4 Å². The molecule has 16 heteroatoms. The second kappa shape index (κ2) is 8.30. The smallest absolute Gasteiger partial charge is 0.457 e. The zero-order valence-corrected chi connectivity index (χ0v) is 17.4. The van der Waals surface area contributed by atoms with E-state index in [-0.39, 0.29) is 35.8 Å². The second-order valence-corrected chi connectivity index (χ2v) is 8.20. The molecule has 182 valence electrons. The molecule has 1 N–H and O–H groups in total. The van der Waals surface area contributed by atoms with E-state index in [2.05, 4.69) is 34.9 Å². The van der Waals surface area contributed by atoms with Gasteiger partial charge in [0.05, 0.1) is 0 Å². The van der Waals surface area contributed by atoms with Crippen molar-refractivity contribution in [1.82, 2.24) is 25.4 Å². The fourth-order valence-electron chi connectivity index (χ4n) is 3.14. The molecular weight excluding hydrogens is 466 g/mol. The minimum absolute atomic E-state index is 0.0253. The number of rotatable bonds is 4. The van der Waals surface area contributed by atoms with Gasteiger partial charge in [-0.15, -0.1) is 5.10 Å². The van der Waals surface area contributed by atoms with Gasteiger partial charge in [0.15, 0.2) is 11.3 Å². The van der Waals surface area contributed by atoms with Crippen molar-refractivity contribution in [2.45, 2.75) is 57.1 Å². The Morgan fingerprint density at radius 1 is 1.03 bits per heavy atom. The second-order valence-electron chi connectivity index (χ2n) is 8.20. The summed E-state index contributed by atoms with van der Waals surface area (Å²) in [6.07, 6.45) is -12.4. The van der Waals surface area contributed by atoms with Crippen molar-refractivity contribution in [3.8, 4) is 0 Å². The van der Waals surface area contributed by atoms with Crippen LogP contribution in [0.3, 0.4) is 0 Å². The van der Waals surface area contributed by atoms with Gasteiger partial charge < -0.3 is 14.4 Å². The predicted octanol–water partition coefficient (Wildman–Crippen LogP) is 2.20. The molecule has 2 aromatic rings. The fourth-order valence-corrected chi connectivity index (χ4v) is 3.14. The van der Waals surface area contributed by atoms with Gasteiger partial charge in [-0.3, -0.25) is 0 Å². The van der Waals surface area contributed by atoms with Crippen molar-refractivity contribution in [2.75, 3.05) is 18.1 Å². The van der Waals surface area contributed by atoms with Crippen LogP contribution in [0.5, 0.6) is 0 Å². The maximum Gasteiger partial charge on any atom is 0.490 e. The van der Waals surface area contributed by atoms with E-state index >= 15 is 0 Å². The molecule has 0 spiro atoms. The van der Waals surface area contributed by atoms with E-state index in [0.29, 0.717) is 0 Å². The molecule has 0 radical (unpaired) electrons. The molecular formula is C17H18F6N6O4. The van der Waals surface area contributed by atoms with Gasteiger partial charge in [-0.1, -0.05) is 20.8 Å². The molecule has 0 amide bonds. The van der Waals surface area contributed by atoms with Gasteiger partial charge >= 0.3 is 24.3 Å². The van der Waals surface area contributed by atoms with Crippen LogP contribution in [0.25, 0.3) is 11.2 Å². The summed E-state index contributed by atoms with van der Waals surface area (Å²) in [7, 11) is 0. The molecule has 0 aliphatic carbocycles. The maximum absolute atomic E-state index is 12.7. The van der Waals surface area contributed by atoms with E-state index in [1.165, 1.54) is 4.90 Å².